The van der Waals surface area contributed by atoms with Crippen LogP contribution in [0.4, 0.5) is 0 Å². The fraction of sp³-hybridized carbons (Fsp3) is 0.600. The van der Waals surface area contributed by atoms with Gasteiger partial charge in [-0.1, -0.05) is 26.0 Å². The van der Waals surface area contributed by atoms with Crippen LogP contribution in [-0.2, 0) is 16.0 Å². The van der Waals surface area contributed by atoms with Crippen molar-refractivity contribution in [3.63, 3.8) is 0 Å². The number of carbonyl (C=O) groups is 2. The number of rotatable bonds is 8. The van der Waals surface area contributed by atoms with Gasteiger partial charge in [0.25, 0.3) is 0 Å². The van der Waals surface area contributed by atoms with Crippen LogP contribution in [0.5, 0.6) is 5.75 Å². The number of carbonyl (C=O) groups excluding carboxylic acids is 1. The molecule has 5 heteroatoms. The number of hydrogen-bond acceptors (Lipinski definition) is 3. The molecule has 1 saturated carbocycles. The molecule has 0 bridgehead atoms. The minimum atomic E-state index is -0.992. The Balaban J connectivity index is 1.65. The molecule has 1 aromatic rings. The number of benzene rings is 1. The Hall–Kier alpha value is -2.04. The van der Waals surface area contributed by atoms with Gasteiger partial charge in [-0.25, -0.2) is 4.79 Å². The Morgan fingerprint density at radius 3 is 2.44 bits per heavy atom. The van der Waals surface area contributed by atoms with E-state index in [-0.39, 0.29) is 12.5 Å². The molecule has 0 radical (unpaired) electrons. The monoisotopic (exact) mass is 347 g/mol. The first-order chi connectivity index (χ1) is 11.8. The smallest absolute Gasteiger partial charge is 0.341 e. The van der Waals surface area contributed by atoms with E-state index in [1.165, 1.54) is 12.8 Å². The van der Waals surface area contributed by atoms with Gasteiger partial charge in [-0.15, -0.1) is 0 Å². The summed E-state index contributed by atoms with van der Waals surface area (Å²) in [4.78, 5) is 22.5. The van der Waals surface area contributed by atoms with Crippen LogP contribution in [0.25, 0.3) is 0 Å². The zero-order valence-electron chi connectivity index (χ0n) is 15.2. The van der Waals surface area contributed by atoms with Crippen LogP contribution in [0.2, 0.25) is 0 Å². The lowest BCUT2D eigenvalue weighted by Crippen LogP contribution is -2.30. The first-order valence-electron chi connectivity index (χ1n) is 9.04. The summed E-state index contributed by atoms with van der Waals surface area (Å²) in [5.41, 5.74) is 1.52. The molecule has 25 heavy (non-hydrogen) atoms. The van der Waals surface area contributed by atoms with Gasteiger partial charge in [-0.2, -0.15) is 0 Å². The molecule has 0 spiro atoms. The number of carboxylic acids is 1. The van der Waals surface area contributed by atoms with Crippen molar-refractivity contribution in [2.45, 2.75) is 52.4 Å². The number of amides is 1. The second-order valence-electron chi connectivity index (χ2n) is 7.74. The number of aliphatic carboxylic acids is 1. The van der Waals surface area contributed by atoms with Gasteiger partial charge in [0.2, 0.25) is 5.91 Å². The summed E-state index contributed by atoms with van der Waals surface area (Å²) in [6.45, 7) is 4.89. The van der Waals surface area contributed by atoms with Gasteiger partial charge in [0, 0.05) is 13.0 Å². The zero-order valence-corrected chi connectivity index (χ0v) is 15.2. The summed E-state index contributed by atoms with van der Waals surface area (Å²) in [6, 6.07) is 7.30. The summed E-state index contributed by atoms with van der Waals surface area (Å²) in [5.74, 6) is 0.216. The molecule has 138 valence electrons. The maximum atomic E-state index is 12.1. The molecule has 1 aromatic carbocycles. The third kappa shape index (κ3) is 7.16. The Morgan fingerprint density at radius 2 is 1.84 bits per heavy atom. The topological polar surface area (TPSA) is 75.6 Å². The van der Waals surface area contributed by atoms with Crippen LogP contribution in [0.1, 0.15) is 51.5 Å². The standard InChI is InChI=1S/C20H29NO4/c1-20(2)10-7-16(8-11-20)13-18(22)21-12-9-15-3-5-17(6-4-15)25-14-19(23)24/h3-6,16H,7-14H2,1-2H3,(H,21,22)(H,23,24). The number of nitrogens with one attached hydrogen (secondary N) is 1. The Morgan fingerprint density at radius 1 is 1.20 bits per heavy atom. The first kappa shape index (κ1) is 19.3. The lowest BCUT2D eigenvalue weighted by atomic mass is 9.72. The summed E-state index contributed by atoms with van der Waals surface area (Å²) < 4.78 is 5.10. The third-order valence-corrected chi connectivity index (χ3v) is 4.95. The van der Waals surface area contributed by atoms with E-state index in [1.54, 1.807) is 12.1 Å². The molecule has 0 heterocycles. The van der Waals surface area contributed by atoms with E-state index in [4.69, 9.17) is 9.84 Å². The van der Waals surface area contributed by atoms with Crippen molar-refractivity contribution >= 4 is 11.9 Å². The van der Waals surface area contributed by atoms with E-state index in [9.17, 15) is 9.59 Å². The molecule has 0 atom stereocenters. The van der Waals surface area contributed by atoms with Gasteiger partial charge in [0.15, 0.2) is 6.61 Å². The molecule has 1 fully saturated rings. The van der Waals surface area contributed by atoms with Crippen LogP contribution in [0.3, 0.4) is 0 Å². The maximum absolute atomic E-state index is 12.1. The highest BCUT2D eigenvalue weighted by Crippen LogP contribution is 2.39. The van der Waals surface area contributed by atoms with Gasteiger partial charge in [0.05, 0.1) is 0 Å². The molecule has 0 aliphatic heterocycles. The third-order valence-electron chi connectivity index (χ3n) is 4.95. The molecule has 2 rings (SSSR count). The van der Waals surface area contributed by atoms with Crippen LogP contribution in [-0.4, -0.2) is 30.1 Å². The maximum Gasteiger partial charge on any atom is 0.341 e. The van der Waals surface area contributed by atoms with Crippen molar-refractivity contribution in [3.05, 3.63) is 29.8 Å². The lowest BCUT2D eigenvalue weighted by Gasteiger charge is -2.34. The van der Waals surface area contributed by atoms with E-state index in [0.717, 1.165) is 24.8 Å². The van der Waals surface area contributed by atoms with Crippen molar-refractivity contribution in [2.75, 3.05) is 13.2 Å². The highest BCUT2D eigenvalue weighted by molar-refractivity contribution is 5.76. The zero-order chi connectivity index (χ0) is 18.3. The summed E-state index contributed by atoms with van der Waals surface area (Å²) in [6.07, 6.45) is 6.11. The molecule has 0 unspecified atom stereocenters. The molecule has 1 aliphatic carbocycles. The Bertz CT molecular complexity index is 570. The van der Waals surface area contributed by atoms with E-state index in [1.807, 2.05) is 12.1 Å². The number of hydrogen-bond donors (Lipinski definition) is 2. The fourth-order valence-electron chi connectivity index (χ4n) is 3.24. The summed E-state index contributed by atoms with van der Waals surface area (Å²) >= 11 is 0. The average Bonchev–Trinajstić information content (AvgIpc) is 2.56. The molecule has 5 nitrogen and oxygen atoms in total. The Labute approximate surface area is 149 Å². The molecule has 0 saturated heterocycles. The first-order valence-corrected chi connectivity index (χ1v) is 9.04. The Kier molecular flexibility index (Phi) is 6.85. The second-order valence-corrected chi connectivity index (χ2v) is 7.74. The van der Waals surface area contributed by atoms with Crippen LogP contribution >= 0.6 is 0 Å². The summed E-state index contributed by atoms with van der Waals surface area (Å²) in [5, 5.41) is 11.6. The van der Waals surface area contributed by atoms with E-state index >= 15 is 0 Å². The van der Waals surface area contributed by atoms with E-state index in [0.29, 0.717) is 30.0 Å². The van der Waals surface area contributed by atoms with Gasteiger partial charge in [-0.3, -0.25) is 4.79 Å². The van der Waals surface area contributed by atoms with Gasteiger partial charge < -0.3 is 15.2 Å². The molecule has 1 aliphatic rings. The second kappa shape index (κ2) is 8.88. The quantitative estimate of drug-likeness (QED) is 0.755. The van der Waals surface area contributed by atoms with Crippen molar-refractivity contribution in [2.24, 2.45) is 11.3 Å². The summed E-state index contributed by atoms with van der Waals surface area (Å²) in [7, 11) is 0. The fourth-order valence-corrected chi connectivity index (χ4v) is 3.24. The van der Waals surface area contributed by atoms with Crippen LogP contribution < -0.4 is 10.1 Å². The van der Waals surface area contributed by atoms with Crippen LogP contribution in [0.15, 0.2) is 24.3 Å². The highest BCUT2D eigenvalue weighted by atomic mass is 16.5. The normalized spacial score (nSPS) is 17.0. The van der Waals surface area contributed by atoms with E-state index < -0.39 is 5.97 Å². The molecule has 2 N–H and O–H groups in total. The van der Waals surface area contributed by atoms with Gasteiger partial charge >= 0.3 is 5.97 Å². The van der Waals surface area contributed by atoms with Gasteiger partial charge in [0.1, 0.15) is 5.75 Å². The minimum Gasteiger partial charge on any atom is -0.482 e. The molecular formula is C20H29NO4. The van der Waals surface area contributed by atoms with Crippen molar-refractivity contribution in [3.8, 4) is 5.75 Å². The number of carboxylic acid groups (broad SMARTS) is 1. The molecule has 0 aromatic heterocycles. The molecule has 1 amide bonds. The average molecular weight is 347 g/mol. The number of ether oxygens (including phenoxy) is 1. The predicted octanol–water partition coefficient (Wildman–Crippen LogP) is 3.42. The SMILES string of the molecule is CC1(C)CCC(CC(=O)NCCc2ccc(OCC(=O)O)cc2)CC1. The van der Waals surface area contributed by atoms with Crippen LogP contribution in [0, 0.1) is 11.3 Å². The predicted molar refractivity (Wildman–Crippen MR) is 96.6 cm³/mol. The molecular weight excluding hydrogens is 318 g/mol. The van der Waals surface area contributed by atoms with Crippen molar-refractivity contribution in [1.29, 1.82) is 0 Å². The van der Waals surface area contributed by atoms with Crippen molar-refractivity contribution < 1.29 is 19.4 Å². The van der Waals surface area contributed by atoms with E-state index in [2.05, 4.69) is 19.2 Å². The largest absolute Gasteiger partial charge is 0.482 e. The minimum absolute atomic E-state index is 0.145. The highest BCUT2D eigenvalue weighted by Gasteiger charge is 2.27. The van der Waals surface area contributed by atoms with Gasteiger partial charge in [-0.05, 0) is 61.1 Å². The van der Waals surface area contributed by atoms with Crippen molar-refractivity contribution in [1.82, 2.24) is 5.32 Å². The lowest BCUT2D eigenvalue weighted by molar-refractivity contribution is -0.139.